The molecule has 10 nitrogen and oxygen atoms in total. The number of carbonyl (C=O) groups is 2. The van der Waals surface area contributed by atoms with Gasteiger partial charge < -0.3 is 9.47 Å². The number of hydrogen-bond donors (Lipinski definition) is 0. The van der Waals surface area contributed by atoms with E-state index in [4.69, 9.17) is 11.1 Å². The Hall–Kier alpha value is -2.44. The first-order chi connectivity index (χ1) is 6.70. The Labute approximate surface area is 76.7 Å². The number of rotatable bonds is 3. The molecule has 0 aliphatic carbocycles. The van der Waals surface area contributed by atoms with E-state index in [-0.39, 0.29) is 13.2 Å². The lowest BCUT2D eigenvalue weighted by Crippen LogP contribution is -2.09. The topological polar surface area (TPSA) is 150 Å². The van der Waals surface area contributed by atoms with Gasteiger partial charge >= 0.3 is 12.2 Å². The second-order valence-corrected chi connectivity index (χ2v) is 1.61. The number of ether oxygens (including phenoxy) is 2. The lowest BCUT2D eigenvalue weighted by Gasteiger charge is -2.00. The van der Waals surface area contributed by atoms with Gasteiger partial charge in [0.15, 0.2) is 0 Å². The highest BCUT2D eigenvalue weighted by Gasteiger charge is 2.00. The molecule has 0 heterocycles. The number of hydrogen-bond acceptors (Lipinski definition) is 4. The molecule has 0 N–H and O–H groups in total. The van der Waals surface area contributed by atoms with Crippen LogP contribution in [-0.2, 0) is 9.47 Å². The molecule has 0 atom stereocenters. The monoisotopic (exact) mass is 200 g/mol. The largest absolute Gasteiger partial charge is 0.457 e. The summed E-state index contributed by atoms with van der Waals surface area (Å²) in [6.07, 6.45) is -2.26. The number of carbonyl (C=O) groups excluding carboxylic acids is 2. The van der Waals surface area contributed by atoms with Crippen LogP contribution in [0.3, 0.4) is 0 Å². The molecule has 0 aromatic carbocycles. The van der Waals surface area contributed by atoms with Crippen LogP contribution in [-0.4, -0.2) is 25.4 Å². The zero-order chi connectivity index (χ0) is 10.8. The van der Waals surface area contributed by atoms with Crippen molar-refractivity contribution >= 4 is 12.2 Å². The fourth-order valence-corrected chi connectivity index (χ4v) is 0.389. The highest BCUT2D eigenvalue weighted by molar-refractivity contribution is 5.68. The summed E-state index contributed by atoms with van der Waals surface area (Å²) < 4.78 is 8.48. The Morgan fingerprint density at radius 3 is 1.64 bits per heavy atom. The van der Waals surface area contributed by atoms with Gasteiger partial charge in [-0.1, -0.05) is 0 Å². The maximum atomic E-state index is 10.3. The summed E-state index contributed by atoms with van der Waals surface area (Å²) in [7, 11) is 0. The van der Waals surface area contributed by atoms with Crippen molar-refractivity contribution in [2.24, 2.45) is 10.2 Å². The third kappa shape index (κ3) is 6.28. The number of azide groups is 2. The quantitative estimate of drug-likeness (QED) is 0.295. The predicted molar refractivity (Wildman–Crippen MR) is 41.0 cm³/mol. The van der Waals surface area contributed by atoms with Gasteiger partial charge in [0.1, 0.15) is 13.2 Å². The van der Waals surface area contributed by atoms with Gasteiger partial charge in [0.25, 0.3) is 0 Å². The molecule has 10 heteroatoms. The van der Waals surface area contributed by atoms with Gasteiger partial charge in [-0.2, -0.15) is 0 Å². The molecule has 0 rings (SSSR count). The zero-order valence-electron chi connectivity index (χ0n) is 6.73. The Bertz CT molecular complexity index is 282. The average molecular weight is 200 g/mol. The van der Waals surface area contributed by atoms with Crippen LogP contribution in [0.15, 0.2) is 10.2 Å². The fourth-order valence-electron chi connectivity index (χ4n) is 0.389. The molecule has 0 saturated carbocycles. The van der Waals surface area contributed by atoms with E-state index >= 15 is 0 Å². The molecule has 0 fully saturated rings. The summed E-state index contributed by atoms with van der Waals surface area (Å²) in [4.78, 5) is 25.0. The lowest BCUT2D eigenvalue weighted by molar-refractivity contribution is 0.105. The van der Waals surface area contributed by atoms with Gasteiger partial charge in [-0.15, -0.1) is 0 Å². The van der Waals surface area contributed by atoms with Crippen molar-refractivity contribution in [3.05, 3.63) is 20.9 Å². The molecule has 0 aliphatic rings. The van der Waals surface area contributed by atoms with Crippen LogP contribution in [0, 0.1) is 0 Å². The van der Waals surface area contributed by atoms with E-state index in [1.54, 1.807) is 0 Å². The summed E-state index contributed by atoms with van der Waals surface area (Å²) in [5, 5.41) is 5.15. The number of nitrogens with zero attached hydrogens (tertiary/aromatic N) is 6. The molecular formula is C4H4N6O4. The van der Waals surface area contributed by atoms with Crippen LogP contribution in [0.5, 0.6) is 0 Å². The van der Waals surface area contributed by atoms with E-state index in [1.807, 2.05) is 0 Å². The van der Waals surface area contributed by atoms with E-state index < -0.39 is 12.2 Å². The van der Waals surface area contributed by atoms with Crippen LogP contribution < -0.4 is 0 Å². The van der Waals surface area contributed by atoms with Crippen LogP contribution in [0.25, 0.3) is 20.9 Å². The second kappa shape index (κ2) is 7.22. The maximum absolute atomic E-state index is 10.3. The molecule has 2 amide bonds. The molecule has 0 aromatic rings. The second-order valence-electron chi connectivity index (χ2n) is 1.61. The molecule has 14 heavy (non-hydrogen) atoms. The molecule has 0 aromatic heterocycles. The third-order valence-corrected chi connectivity index (χ3v) is 0.787. The van der Waals surface area contributed by atoms with Crippen molar-refractivity contribution in [3.63, 3.8) is 0 Å². The highest BCUT2D eigenvalue weighted by atomic mass is 16.6. The Balaban J connectivity index is 3.56. The molecule has 0 aliphatic heterocycles. The van der Waals surface area contributed by atoms with Crippen LogP contribution in [0.4, 0.5) is 9.59 Å². The molecular weight excluding hydrogens is 196 g/mol. The van der Waals surface area contributed by atoms with Crippen LogP contribution in [0.1, 0.15) is 0 Å². The zero-order valence-corrected chi connectivity index (χ0v) is 6.73. The molecule has 0 bridgehead atoms. The summed E-state index contributed by atoms with van der Waals surface area (Å²) >= 11 is 0. The first-order valence-electron chi connectivity index (χ1n) is 3.14. The van der Waals surface area contributed by atoms with E-state index in [0.717, 1.165) is 0 Å². The highest BCUT2D eigenvalue weighted by Crippen LogP contribution is 1.87. The number of amides is 2. The van der Waals surface area contributed by atoms with Crippen molar-refractivity contribution < 1.29 is 19.1 Å². The van der Waals surface area contributed by atoms with E-state index in [0.29, 0.717) is 0 Å². The molecule has 0 spiro atoms. The van der Waals surface area contributed by atoms with Gasteiger partial charge in [0, 0.05) is 20.1 Å². The predicted octanol–water partition coefficient (Wildman–Crippen LogP) is 1.88. The molecule has 0 unspecified atom stereocenters. The molecule has 74 valence electrons. The fraction of sp³-hybridized carbons (Fsp3) is 0.500. The van der Waals surface area contributed by atoms with Gasteiger partial charge in [0.2, 0.25) is 0 Å². The molecule has 0 saturated heterocycles. The van der Waals surface area contributed by atoms with Gasteiger partial charge in [0.05, 0.1) is 0 Å². The van der Waals surface area contributed by atoms with Crippen molar-refractivity contribution in [1.82, 2.24) is 0 Å². The van der Waals surface area contributed by atoms with Crippen molar-refractivity contribution in [1.29, 1.82) is 0 Å². The summed E-state index contributed by atoms with van der Waals surface area (Å²) in [6, 6.07) is 0. The Morgan fingerprint density at radius 2 is 1.36 bits per heavy atom. The van der Waals surface area contributed by atoms with Crippen molar-refractivity contribution in [3.8, 4) is 0 Å². The smallest absolute Gasteiger partial charge is 0.396 e. The van der Waals surface area contributed by atoms with Crippen molar-refractivity contribution in [2.45, 2.75) is 0 Å². The summed E-state index contributed by atoms with van der Waals surface area (Å²) in [5.74, 6) is 0. The Kier molecular flexibility index (Phi) is 5.96. The average Bonchev–Trinajstić information content (AvgIpc) is 2.13. The van der Waals surface area contributed by atoms with E-state index in [1.165, 1.54) is 0 Å². The SMILES string of the molecule is [N-]=[N+]=NC(=O)OCCOC(=O)N=[N+]=[N-]. The van der Waals surface area contributed by atoms with Crippen LogP contribution >= 0.6 is 0 Å². The normalized spacial score (nSPS) is 7.71. The van der Waals surface area contributed by atoms with E-state index in [2.05, 4.69) is 29.5 Å². The minimum atomic E-state index is -1.13. The first-order valence-corrected chi connectivity index (χ1v) is 3.14. The standard InChI is InChI=1S/C4H4N6O4/c5-9-7-3(11)13-1-2-14-4(12)8-10-6/h1-2H2. The van der Waals surface area contributed by atoms with Crippen molar-refractivity contribution in [2.75, 3.05) is 13.2 Å². The van der Waals surface area contributed by atoms with E-state index in [9.17, 15) is 9.59 Å². The first kappa shape index (κ1) is 11.6. The molecule has 0 radical (unpaired) electrons. The van der Waals surface area contributed by atoms with Crippen LogP contribution in [0.2, 0.25) is 0 Å². The minimum Gasteiger partial charge on any atom is -0.457 e. The summed E-state index contributed by atoms with van der Waals surface area (Å²) in [6.45, 7) is -0.574. The minimum absolute atomic E-state index is 0.287. The summed E-state index contributed by atoms with van der Waals surface area (Å²) in [5.41, 5.74) is 15.5. The third-order valence-electron chi connectivity index (χ3n) is 0.787. The maximum Gasteiger partial charge on any atom is 0.396 e. The van der Waals surface area contributed by atoms with Gasteiger partial charge in [-0.25, -0.2) is 9.59 Å². The van der Waals surface area contributed by atoms with Gasteiger partial charge in [-0.3, -0.25) is 0 Å². The Morgan fingerprint density at radius 1 is 1.00 bits per heavy atom. The lowest BCUT2D eigenvalue weighted by atomic mass is 10.8. The van der Waals surface area contributed by atoms with Gasteiger partial charge in [-0.05, 0) is 11.1 Å².